The molecule has 0 aliphatic carbocycles. The Morgan fingerprint density at radius 1 is 1.00 bits per heavy atom. The van der Waals surface area contributed by atoms with Crippen LogP contribution in [0.3, 0.4) is 0 Å². The van der Waals surface area contributed by atoms with Crippen LogP contribution >= 0.6 is 0 Å². The van der Waals surface area contributed by atoms with E-state index in [1.54, 1.807) is 24.3 Å². The minimum absolute atomic E-state index is 0.144. The third kappa shape index (κ3) is 3.99. The fourth-order valence-electron chi connectivity index (χ4n) is 1.74. The fourth-order valence-corrected chi connectivity index (χ4v) is 2.78. The Morgan fingerprint density at radius 3 is 2.29 bits per heavy atom. The maximum Gasteiger partial charge on any atom is 0.240 e. The number of anilines is 1. The molecule has 0 saturated heterocycles. The first kappa shape index (κ1) is 15.4. The molecule has 0 aliphatic heterocycles. The van der Waals surface area contributed by atoms with E-state index in [0.717, 1.165) is 17.7 Å². The molecule has 0 amide bonds. The summed E-state index contributed by atoms with van der Waals surface area (Å²) in [6.45, 7) is 0.144. The molecule has 0 spiro atoms. The van der Waals surface area contributed by atoms with Crippen LogP contribution in [0.1, 0.15) is 5.56 Å². The SMILES string of the molecule is Nc1ccc(CCNS(=O)(=O)c2ccc(F)c(F)c2)cc1. The summed E-state index contributed by atoms with van der Waals surface area (Å²) in [6.07, 6.45) is 0.461. The normalized spacial score (nSPS) is 11.5. The molecule has 0 aromatic heterocycles. The Labute approximate surface area is 121 Å². The molecule has 0 fully saturated rings. The molecule has 0 saturated carbocycles. The van der Waals surface area contributed by atoms with Gasteiger partial charge in [0.25, 0.3) is 0 Å². The highest BCUT2D eigenvalue weighted by Gasteiger charge is 2.15. The number of nitrogens with one attached hydrogen (secondary N) is 1. The molecule has 2 aromatic carbocycles. The minimum atomic E-state index is -3.86. The van der Waals surface area contributed by atoms with Crippen LogP contribution < -0.4 is 10.5 Å². The second kappa shape index (κ2) is 6.19. The first-order chi connectivity index (χ1) is 9.88. The van der Waals surface area contributed by atoms with Gasteiger partial charge in [0.05, 0.1) is 4.90 Å². The van der Waals surface area contributed by atoms with Gasteiger partial charge in [-0.2, -0.15) is 0 Å². The highest BCUT2D eigenvalue weighted by atomic mass is 32.2. The molecule has 2 aromatic rings. The predicted octanol–water partition coefficient (Wildman–Crippen LogP) is 2.07. The van der Waals surface area contributed by atoms with Gasteiger partial charge in [0.15, 0.2) is 11.6 Å². The van der Waals surface area contributed by atoms with Crippen LogP contribution in [-0.4, -0.2) is 15.0 Å². The van der Waals surface area contributed by atoms with Crippen molar-refractivity contribution in [2.45, 2.75) is 11.3 Å². The molecule has 0 heterocycles. The van der Waals surface area contributed by atoms with Gasteiger partial charge >= 0.3 is 0 Å². The van der Waals surface area contributed by atoms with Crippen molar-refractivity contribution in [3.8, 4) is 0 Å². The zero-order chi connectivity index (χ0) is 15.5. The average molecular weight is 312 g/mol. The molecule has 0 radical (unpaired) electrons. The number of benzene rings is 2. The maximum absolute atomic E-state index is 13.1. The third-order valence-electron chi connectivity index (χ3n) is 2.89. The number of nitrogen functional groups attached to an aromatic ring is 1. The van der Waals surface area contributed by atoms with Crippen LogP contribution in [0, 0.1) is 11.6 Å². The molecule has 112 valence electrons. The maximum atomic E-state index is 13.1. The van der Waals surface area contributed by atoms with Crippen molar-refractivity contribution in [2.24, 2.45) is 0 Å². The molecule has 0 aliphatic rings. The van der Waals surface area contributed by atoms with E-state index in [9.17, 15) is 17.2 Å². The number of halogens is 2. The van der Waals surface area contributed by atoms with Gasteiger partial charge in [0.2, 0.25) is 10.0 Å². The molecule has 0 unspecified atom stereocenters. The van der Waals surface area contributed by atoms with Crippen molar-refractivity contribution in [1.29, 1.82) is 0 Å². The second-order valence-electron chi connectivity index (χ2n) is 4.47. The van der Waals surface area contributed by atoms with Gasteiger partial charge in [-0.25, -0.2) is 21.9 Å². The number of hydrogen-bond acceptors (Lipinski definition) is 3. The molecular formula is C14H14F2N2O2S. The Hall–Kier alpha value is -1.99. The summed E-state index contributed by atoms with van der Waals surface area (Å²) >= 11 is 0. The van der Waals surface area contributed by atoms with E-state index in [2.05, 4.69) is 4.72 Å². The van der Waals surface area contributed by atoms with Gasteiger partial charge in [-0.15, -0.1) is 0 Å². The summed E-state index contributed by atoms with van der Waals surface area (Å²) in [4.78, 5) is -0.307. The van der Waals surface area contributed by atoms with Crippen molar-refractivity contribution in [3.63, 3.8) is 0 Å². The van der Waals surface area contributed by atoms with Crippen LogP contribution in [0.2, 0.25) is 0 Å². The van der Waals surface area contributed by atoms with Gasteiger partial charge in [-0.1, -0.05) is 12.1 Å². The van der Waals surface area contributed by atoms with Gasteiger partial charge in [-0.05, 0) is 42.3 Å². The lowest BCUT2D eigenvalue weighted by molar-refractivity contribution is 0.504. The van der Waals surface area contributed by atoms with Crippen LogP contribution in [0.4, 0.5) is 14.5 Å². The standard InChI is InChI=1S/C14H14F2N2O2S/c15-13-6-5-12(9-14(13)16)21(19,20)18-8-7-10-1-3-11(17)4-2-10/h1-6,9,18H,7-8,17H2. The molecule has 0 bridgehead atoms. The zero-order valence-corrected chi connectivity index (χ0v) is 11.8. The summed E-state index contributed by atoms with van der Waals surface area (Å²) in [5, 5.41) is 0. The largest absolute Gasteiger partial charge is 0.399 e. The highest BCUT2D eigenvalue weighted by Crippen LogP contribution is 2.13. The number of hydrogen-bond donors (Lipinski definition) is 2. The molecule has 4 nitrogen and oxygen atoms in total. The van der Waals surface area contributed by atoms with E-state index in [1.165, 1.54) is 0 Å². The van der Waals surface area contributed by atoms with E-state index in [-0.39, 0.29) is 11.4 Å². The predicted molar refractivity (Wildman–Crippen MR) is 76.1 cm³/mol. The molecule has 21 heavy (non-hydrogen) atoms. The topological polar surface area (TPSA) is 72.2 Å². The Balaban J connectivity index is 2.01. The quantitative estimate of drug-likeness (QED) is 0.830. The van der Waals surface area contributed by atoms with E-state index >= 15 is 0 Å². The van der Waals surface area contributed by atoms with E-state index < -0.39 is 21.7 Å². The molecule has 2 rings (SSSR count). The highest BCUT2D eigenvalue weighted by molar-refractivity contribution is 7.89. The van der Waals surface area contributed by atoms with Crippen molar-refractivity contribution in [2.75, 3.05) is 12.3 Å². The summed E-state index contributed by atoms with van der Waals surface area (Å²) in [5.74, 6) is -2.28. The van der Waals surface area contributed by atoms with Crippen LogP contribution in [0.15, 0.2) is 47.4 Å². The number of rotatable bonds is 5. The average Bonchev–Trinajstić information content (AvgIpc) is 2.44. The molecule has 0 atom stereocenters. The van der Waals surface area contributed by atoms with Gasteiger partial charge < -0.3 is 5.73 Å². The lowest BCUT2D eigenvalue weighted by Gasteiger charge is -2.07. The third-order valence-corrected chi connectivity index (χ3v) is 4.35. The van der Waals surface area contributed by atoms with Gasteiger partial charge in [0, 0.05) is 12.2 Å². The van der Waals surface area contributed by atoms with Crippen LogP contribution in [0.25, 0.3) is 0 Å². The monoisotopic (exact) mass is 312 g/mol. The minimum Gasteiger partial charge on any atom is -0.399 e. The summed E-state index contributed by atoms with van der Waals surface area (Å²) in [6, 6.07) is 9.48. The van der Waals surface area contributed by atoms with Crippen molar-refractivity contribution < 1.29 is 17.2 Å². The van der Waals surface area contributed by atoms with Crippen LogP contribution in [-0.2, 0) is 16.4 Å². The molecule has 7 heteroatoms. The van der Waals surface area contributed by atoms with E-state index in [1.807, 2.05) is 0 Å². The lowest BCUT2D eigenvalue weighted by atomic mass is 10.1. The van der Waals surface area contributed by atoms with E-state index in [0.29, 0.717) is 18.2 Å². The van der Waals surface area contributed by atoms with Crippen molar-refractivity contribution in [1.82, 2.24) is 4.72 Å². The summed E-state index contributed by atoms with van der Waals surface area (Å²) in [5.41, 5.74) is 7.09. The number of sulfonamides is 1. The fraction of sp³-hybridized carbons (Fsp3) is 0.143. The van der Waals surface area contributed by atoms with Gasteiger partial charge in [0.1, 0.15) is 0 Å². The zero-order valence-electron chi connectivity index (χ0n) is 11.0. The van der Waals surface area contributed by atoms with Crippen molar-refractivity contribution >= 4 is 15.7 Å². The van der Waals surface area contributed by atoms with Crippen molar-refractivity contribution in [3.05, 3.63) is 59.7 Å². The molecule has 3 N–H and O–H groups in total. The van der Waals surface area contributed by atoms with E-state index in [4.69, 9.17) is 5.73 Å². The summed E-state index contributed by atoms with van der Waals surface area (Å²) < 4.78 is 52.0. The van der Waals surface area contributed by atoms with Gasteiger partial charge in [-0.3, -0.25) is 0 Å². The molecular weight excluding hydrogens is 298 g/mol. The first-order valence-corrected chi connectivity index (χ1v) is 7.66. The second-order valence-corrected chi connectivity index (χ2v) is 6.23. The Kier molecular flexibility index (Phi) is 4.54. The summed E-state index contributed by atoms with van der Waals surface area (Å²) in [7, 11) is -3.86. The Morgan fingerprint density at radius 2 is 1.67 bits per heavy atom. The smallest absolute Gasteiger partial charge is 0.240 e. The number of nitrogens with two attached hydrogens (primary N) is 1. The van der Waals surface area contributed by atoms with Crippen LogP contribution in [0.5, 0.6) is 0 Å². The lowest BCUT2D eigenvalue weighted by Crippen LogP contribution is -2.26. The first-order valence-electron chi connectivity index (χ1n) is 6.17. The Bertz CT molecular complexity index is 731.